The molecule has 0 aliphatic carbocycles. The minimum Gasteiger partial charge on any atom is -0.462 e. The topological polar surface area (TPSA) is 65.2 Å². The van der Waals surface area contributed by atoms with Crippen LogP contribution in [0.4, 0.5) is 10.1 Å². The zero-order chi connectivity index (χ0) is 14.7. The molecule has 20 heavy (non-hydrogen) atoms. The van der Waals surface area contributed by atoms with Crippen molar-refractivity contribution in [1.82, 2.24) is 4.98 Å². The number of aryl methyl sites for hydroxylation is 1. The normalized spacial score (nSPS) is 10.3. The van der Waals surface area contributed by atoms with Crippen molar-refractivity contribution in [3.8, 4) is 11.1 Å². The monoisotopic (exact) mass is 274 g/mol. The van der Waals surface area contributed by atoms with Crippen LogP contribution in [0.1, 0.15) is 23.0 Å². The van der Waals surface area contributed by atoms with E-state index in [-0.39, 0.29) is 23.4 Å². The second kappa shape index (κ2) is 5.69. The first-order valence-corrected chi connectivity index (χ1v) is 6.22. The second-order valence-corrected chi connectivity index (χ2v) is 4.33. The Morgan fingerprint density at radius 1 is 1.40 bits per heavy atom. The maximum atomic E-state index is 14.2. The Bertz CT molecular complexity index is 639. The minimum atomic E-state index is -0.603. The van der Waals surface area contributed by atoms with Gasteiger partial charge in [0.15, 0.2) is 0 Å². The van der Waals surface area contributed by atoms with Gasteiger partial charge in [-0.3, -0.25) is 4.98 Å². The van der Waals surface area contributed by atoms with Gasteiger partial charge in [0.05, 0.1) is 12.2 Å². The van der Waals surface area contributed by atoms with Crippen molar-refractivity contribution in [2.45, 2.75) is 13.8 Å². The number of rotatable bonds is 3. The van der Waals surface area contributed by atoms with Crippen LogP contribution in [0.2, 0.25) is 0 Å². The molecule has 0 amide bonds. The van der Waals surface area contributed by atoms with Gasteiger partial charge in [0.1, 0.15) is 5.82 Å². The van der Waals surface area contributed by atoms with Crippen molar-refractivity contribution in [2.75, 3.05) is 12.3 Å². The summed E-state index contributed by atoms with van der Waals surface area (Å²) < 4.78 is 19.1. The van der Waals surface area contributed by atoms with Gasteiger partial charge in [-0.2, -0.15) is 0 Å². The number of anilines is 1. The molecule has 2 aromatic rings. The number of esters is 1. The number of pyridine rings is 1. The highest BCUT2D eigenvalue weighted by Gasteiger charge is 2.19. The Morgan fingerprint density at radius 3 is 2.75 bits per heavy atom. The summed E-state index contributed by atoms with van der Waals surface area (Å²) in [5.41, 5.74) is 7.36. The third kappa shape index (κ3) is 2.77. The summed E-state index contributed by atoms with van der Waals surface area (Å²) in [6.45, 7) is 3.73. The van der Waals surface area contributed by atoms with E-state index < -0.39 is 11.8 Å². The van der Waals surface area contributed by atoms with Crippen LogP contribution in [0.3, 0.4) is 0 Å². The molecule has 0 fully saturated rings. The molecule has 1 aromatic heterocycles. The van der Waals surface area contributed by atoms with Gasteiger partial charge >= 0.3 is 5.97 Å². The average Bonchev–Trinajstić information content (AvgIpc) is 2.39. The number of nitrogens with zero attached hydrogens (tertiary/aromatic N) is 1. The smallest absolute Gasteiger partial charge is 0.338 e. The van der Waals surface area contributed by atoms with E-state index in [2.05, 4.69) is 4.98 Å². The number of hydrogen-bond donors (Lipinski definition) is 1. The van der Waals surface area contributed by atoms with Crippen LogP contribution >= 0.6 is 0 Å². The maximum Gasteiger partial charge on any atom is 0.338 e. The summed E-state index contributed by atoms with van der Waals surface area (Å²) in [6, 6.07) is 6.05. The van der Waals surface area contributed by atoms with E-state index in [0.29, 0.717) is 5.56 Å². The van der Waals surface area contributed by atoms with E-state index in [0.717, 1.165) is 5.69 Å². The van der Waals surface area contributed by atoms with Crippen LogP contribution in [0, 0.1) is 12.7 Å². The number of carbonyl (C=O) groups excluding carboxylic acids is 1. The van der Waals surface area contributed by atoms with Crippen LogP contribution in [0.25, 0.3) is 11.1 Å². The minimum absolute atomic E-state index is 0.106. The molecule has 5 heteroatoms. The Labute approximate surface area is 116 Å². The summed E-state index contributed by atoms with van der Waals surface area (Å²) >= 11 is 0. The number of benzene rings is 1. The van der Waals surface area contributed by atoms with E-state index >= 15 is 0 Å². The third-order valence-electron chi connectivity index (χ3n) is 2.81. The first kappa shape index (κ1) is 14.0. The quantitative estimate of drug-likeness (QED) is 0.690. The van der Waals surface area contributed by atoms with Gasteiger partial charge in [0.25, 0.3) is 0 Å². The summed E-state index contributed by atoms with van der Waals surface area (Å²) in [5, 5.41) is 0. The van der Waals surface area contributed by atoms with Crippen LogP contribution in [0.5, 0.6) is 0 Å². The molecule has 0 saturated carbocycles. The maximum absolute atomic E-state index is 14.2. The first-order valence-electron chi connectivity index (χ1n) is 6.22. The van der Waals surface area contributed by atoms with Crippen molar-refractivity contribution in [2.24, 2.45) is 0 Å². The molecule has 1 heterocycles. The van der Waals surface area contributed by atoms with Gasteiger partial charge in [0.2, 0.25) is 0 Å². The van der Waals surface area contributed by atoms with Gasteiger partial charge in [-0.25, -0.2) is 9.18 Å². The van der Waals surface area contributed by atoms with E-state index in [4.69, 9.17) is 10.5 Å². The van der Waals surface area contributed by atoms with E-state index in [1.165, 1.54) is 18.3 Å². The van der Waals surface area contributed by atoms with Crippen molar-refractivity contribution in [3.63, 3.8) is 0 Å². The lowest BCUT2D eigenvalue weighted by atomic mass is 9.99. The third-order valence-corrected chi connectivity index (χ3v) is 2.81. The number of hydrogen-bond acceptors (Lipinski definition) is 4. The summed E-state index contributed by atoms with van der Waals surface area (Å²) in [6.07, 6.45) is 1.52. The van der Waals surface area contributed by atoms with Crippen LogP contribution in [-0.2, 0) is 4.74 Å². The number of ether oxygens (including phenoxy) is 1. The van der Waals surface area contributed by atoms with Crippen molar-refractivity contribution in [3.05, 3.63) is 47.5 Å². The molecule has 0 bridgehead atoms. The molecule has 0 spiro atoms. The highest BCUT2D eigenvalue weighted by Crippen LogP contribution is 2.29. The summed E-state index contributed by atoms with van der Waals surface area (Å²) in [7, 11) is 0. The molecule has 104 valence electrons. The summed E-state index contributed by atoms with van der Waals surface area (Å²) in [4.78, 5) is 16.1. The fourth-order valence-corrected chi connectivity index (χ4v) is 1.91. The zero-order valence-electron chi connectivity index (χ0n) is 11.3. The second-order valence-electron chi connectivity index (χ2n) is 4.33. The summed E-state index contributed by atoms with van der Waals surface area (Å²) in [5.74, 6) is -1.17. The molecule has 0 saturated heterocycles. The largest absolute Gasteiger partial charge is 0.462 e. The molecule has 2 N–H and O–H groups in total. The van der Waals surface area contributed by atoms with E-state index in [1.807, 2.05) is 6.92 Å². The molecular formula is C15H15FN2O2. The van der Waals surface area contributed by atoms with Gasteiger partial charge < -0.3 is 10.5 Å². The first-order chi connectivity index (χ1) is 9.52. The number of aromatic nitrogens is 1. The van der Waals surface area contributed by atoms with E-state index in [1.54, 1.807) is 19.1 Å². The fraction of sp³-hybridized carbons (Fsp3) is 0.200. The number of carbonyl (C=O) groups is 1. The SMILES string of the molecule is CCOC(=O)c1cc(N)cc(F)c1-c1ccc(C)nc1. The molecule has 0 aliphatic heterocycles. The Hall–Kier alpha value is -2.43. The highest BCUT2D eigenvalue weighted by atomic mass is 19.1. The predicted molar refractivity (Wildman–Crippen MR) is 74.7 cm³/mol. The molecule has 4 nitrogen and oxygen atoms in total. The zero-order valence-corrected chi connectivity index (χ0v) is 11.3. The van der Waals surface area contributed by atoms with Crippen LogP contribution < -0.4 is 5.73 Å². The molecule has 0 unspecified atom stereocenters. The number of nitrogen functional groups attached to an aromatic ring is 1. The highest BCUT2D eigenvalue weighted by molar-refractivity contribution is 5.98. The van der Waals surface area contributed by atoms with Crippen molar-refractivity contribution in [1.29, 1.82) is 0 Å². The molecule has 0 aliphatic rings. The molecular weight excluding hydrogens is 259 g/mol. The van der Waals surface area contributed by atoms with Gasteiger partial charge in [-0.15, -0.1) is 0 Å². The lowest BCUT2D eigenvalue weighted by Gasteiger charge is -2.11. The average molecular weight is 274 g/mol. The number of halogens is 1. The number of nitrogens with two attached hydrogens (primary N) is 1. The molecule has 0 radical (unpaired) electrons. The lowest BCUT2D eigenvalue weighted by molar-refractivity contribution is 0.0527. The van der Waals surface area contributed by atoms with Crippen molar-refractivity contribution < 1.29 is 13.9 Å². The van der Waals surface area contributed by atoms with Gasteiger partial charge in [-0.05, 0) is 32.0 Å². The standard InChI is InChI=1S/C15H15FN2O2/c1-3-20-15(19)12-6-11(17)7-13(16)14(12)10-5-4-9(2)18-8-10/h4-8H,3,17H2,1-2H3. The van der Waals surface area contributed by atoms with E-state index in [9.17, 15) is 9.18 Å². The fourth-order valence-electron chi connectivity index (χ4n) is 1.91. The molecule has 0 atom stereocenters. The van der Waals surface area contributed by atoms with Crippen molar-refractivity contribution >= 4 is 11.7 Å². The van der Waals surface area contributed by atoms with Crippen LogP contribution in [-0.4, -0.2) is 17.6 Å². The van der Waals surface area contributed by atoms with Crippen LogP contribution in [0.15, 0.2) is 30.5 Å². The molecule has 1 aromatic carbocycles. The Balaban J connectivity index is 2.61. The van der Waals surface area contributed by atoms with Gasteiger partial charge in [-0.1, -0.05) is 6.07 Å². The Kier molecular flexibility index (Phi) is 3.98. The molecule has 2 rings (SSSR count). The lowest BCUT2D eigenvalue weighted by Crippen LogP contribution is -2.09. The van der Waals surface area contributed by atoms with Gasteiger partial charge in [0, 0.05) is 28.7 Å². The Morgan fingerprint density at radius 2 is 2.15 bits per heavy atom. The predicted octanol–water partition coefficient (Wildman–Crippen LogP) is 2.96.